The summed E-state index contributed by atoms with van der Waals surface area (Å²) in [5, 5.41) is 3.03. The number of carbonyl (C=O) groups excluding carboxylic acids is 1. The molecule has 1 amide bonds. The van der Waals surface area contributed by atoms with Gasteiger partial charge in [-0.2, -0.15) is 0 Å². The lowest BCUT2D eigenvalue weighted by Gasteiger charge is -2.15. The number of rotatable bonds is 4. The van der Waals surface area contributed by atoms with Gasteiger partial charge in [-0.25, -0.2) is 0 Å². The predicted molar refractivity (Wildman–Crippen MR) is 70.7 cm³/mol. The summed E-state index contributed by atoms with van der Waals surface area (Å²) in [7, 11) is 0. The molecule has 1 rings (SSSR count). The molecule has 1 N–H and O–H groups in total. The second-order valence-corrected chi connectivity index (χ2v) is 4.82. The van der Waals surface area contributed by atoms with Gasteiger partial charge in [-0.05, 0) is 47.8 Å². The van der Waals surface area contributed by atoms with Crippen LogP contribution in [0.4, 0.5) is 0 Å². The van der Waals surface area contributed by atoms with Gasteiger partial charge in [0.15, 0.2) is 0 Å². The van der Waals surface area contributed by atoms with Crippen LogP contribution in [-0.4, -0.2) is 11.9 Å². The second-order valence-electron chi connectivity index (χ2n) is 3.97. The molecule has 0 saturated carbocycles. The van der Waals surface area contributed by atoms with E-state index in [1.54, 1.807) is 0 Å². The van der Waals surface area contributed by atoms with Gasteiger partial charge in [0.2, 0.25) is 0 Å². The third-order valence-corrected chi connectivity index (χ3v) is 3.38. The molecule has 88 valence electrons. The maximum absolute atomic E-state index is 12.0. The molecule has 0 aliphatic carbocycles. The molecule has 3 heteroatoms. The second kappa shape index (κ2) is 6.04. The fourth-order valence-electron chi connectivity index (χ4n) is 1.57. The Morgan fingerprint density at radius 3 is 2.56 bits per heavy atom. The maximum atomic E-state index is 12.0. The Bertz CT molecular complexity index is 372. The van der Waals surface area contributed by atoms with Crippen LogP contribution in [0.15, 0.2) is 22.7 Å². The highest BCUT2D eigenvalue weighted by atomic mass is 79.9. The Balaban J connectivity index is 2.83. The van der Waals surface area contributed by atoms with E-state index in [-0.39, 0.29) is 11.9 Å². The van der Waals surface area contributed by atoms with Crippen LogP contribution in [-0.2, 0) is 0 Å². The zero-order valence-electron chi connectivity index (χ0n) is 10.0. The monoisotopic (exact) mass is 283 g/mol. The molecule has 0 aliphatic rings. The molecule has 0 aromatic heterocycles. The minimum absolute atomic E-state index is 0.00396. The summed E-state index contributed by atoms with van der Waals surface area (Å²) in [4.78, 5) is 12.0. The van der Waals surface area contributed by atoms with Crippen molar-refractivity contribution in [1.29, 1.82) is 0 Å². The quantitative estimate of drug-likeness (QED) is 0.898. The van der Waals surface area contributed by atoms with Crippen molar-refractivity contribution in [2.24, 2.45) is 0 Å². The van der Waals surface area contributed by atoms with Gasteiger partial charge >= 0.3 is 0 Å². The molecular weight excluding hydrogens is 266 g/mol. The minimum atomic E-state index is 0.00396. The van der Waals surface area contributed by atoms with Crippen LogP contribution in [0.3, 0.4) is 0 Å². The van der Waals surface area contributed by atoms with E-state index in [2.05, 4.69) is 35.1 Å². The van der Waals surface area contributed by atoms with Gasteiger partial charge in [-0.3, -0.25) is 4.79 Å². The average molecular weight is 284 g/mol. The molecule has 1 aromatic carbocycles. The van der Waals surface area contributed by atoms with Crippen LogP contribution in [0.5, 0.6) is 0 Å². The lowest BCUT2D eigenvalue weighted by molar-refractivity contribution is 0.0934. The molecular formula is C13H18BrNO. The first-order valence-electron chi connectivity index (χ1n) is 5.65. The van der Waals surface area contributed by atoms with Crippen molar-refractivity contribution in [3.8, 4) is 0 Å². The van der Waals surface area contributed by atoms with Gasteiger partial charge < -0.3 is 5.32 Å². The average Bonchev–Trinajstić information content (AvgIpc) is 2.28. The van der Waals surface area contributed by atoms with Crippen molar-refractivity contribution in [3.05, 3.63) is 33.8 Å². The Hall–Kier alpha value is -0.830. The predicted octanol–water partition coefficient (Wildman–Crippen LogP) is 3.68. The van der Waals surface area contributed by atoms with Crippen LogP contribution in [0, 0.1) is 6.92 Å². The molecule has 0 atom stereocenters. The van der Waals surface area contributed by atoms with Gasteiger partial charge in [-0.15, -0.1) is 0 Å². The molecule has 0 fully saturated rings. The molecule has 2 nitrogen and oxygen atoms in total. The van der Waals surface area contributed by atoms with Crippen LogP contribution < -0.4 is 5.32 Å². The number of aryl methyl sites for hydroxylation is 1. The van der Waals surface area contributed by atoms with Crippen LogP contribution in [0.1, 0.15) is 42.6 Å². The summed E-state index contributed by atoms with van der Waals surface area (Å²) in [6.45, 7) is 6.15. The molecule has 0 unspecified atom stereocenters. The van der Waals surface area contributed by atoms with Crippen molar-refractivity contribution in [2.45, 2.75) is 39.7 Å². The molecule has 16 heavy (non-hydrogen) atoms. The first-order chi connectivity index (χ1) is 7.58. The Morgan fingerprint density at radius 1 is 1.38 bits per heavy atom. The molecule has 0 radical (unpaired) electrons. The third kappa shape index (κ3) is 3.34. The topological polar surface area (TPSA) is 29.1 Å². The SMILES string of the molecule is CCC(CC)NC(=O)c1cc(C)ccc1Br. The largest absolute Gasteiger partial charge is 0.349 e. The van der Waals surface area contributed by atoms with Crippen molar-refractivity contribution in [1.82, 2.24) is 5.32 Å². The van der Waals surface area contributed by atoms with Gasteiger partial charge in [0.1, 0.15) is 0 Å². The zero-order valence-corrected chi connectivity index (χ0v) is 11.6. The normalized spacial score (nSPS) is 10.6. The molecule has 0 bridgehead atoms. The number of hydrogen-bond donors (Lipinski definition) is 1. The number of halogens is 1. The molecule has 0 heterocycles. The summed E-state index contributed by atoms with van der Waals surface area (Å²) in [6, 6.07) is 6.07. The Labute approximate surface area is 106 Å². The smallest absolute Gasteiger partial charge is 0.252 e. The number of hydrogen-bond acceptors (Lipinski definition) is 1. The van der Waals surface area contributed by atoms with Crippen LogP contribution >= 0.6 is 15.9 Å². The third-order valence-electron chi connectivity index (χ3n) is 2.69. The van der Waals surface area contributed by atoms with Gasteiger partial charge in [0.25, 0.3) is 5.91 Å². The summed E-state index contributed by atoms with van der Waals surface area (Å²) in [5.74, 6) is 0.00396. The summed E-state index contributed by atoms with van der Waals surface area (Å²) in [5.41, 5.74) is 1.81. The molecule has 1 aromatic rings. The van der Waals surface area contributed by atoms with Crippen molar-refractivity contribution >= 4 is 21.8 Å². The number of benzene rings is 1. The highest BCUT2D eigenvalue weighted by Gasteiger charge is 2.13. The van der Waals surface area contributed by atoms with E-state index in [1.807, 2.05) is 25.1 Å². The Kier molecular flexibility index (Phi) is 5.00. The van der Waals surface area contributed by atoms with Gasteiger partial charge in [-0.1, -0.05) is 25.5 Å². The lowest BCUT2D eigenvalue weighted by Crippen LogP contribution is -2.34. The number of amides is 1. The molecule has 0 aliphatic heterocycles. The number of nitrogens with one attached hydrogen (secondary N) is 1. The summed E-state index contributed by atoms with van der Waals surface area (Å²) < 4.78 is 0.849. The first kappa shape index (κ1) is 13.2. The van der Waals surface area contributed by atoms with E-state index in [1.165, 1.54) is 0 Å². The highest BCUT2D eigenvalue weighted by molar-refractivity contribution is 9.10. The van der Waals surface area contributed by atoms with E-state index in [4.69, 9.17) is 0 Å². The highest BCUT2D eigenvalue weighted by Crippen LogP contribution is 2.18. The van der Waals surface area contributed by atoms with Crippen LogP contribution in [0.25, 0.3) is 0 Å². The van der Waals surface area contributed by atoms with E-state index in [0.29, 0.717) is 5.56 Å². The van der Waals surface area contributed by atoms with E-state index in [0.717, 1.165) is 22.9 Å². The maximum Gasteiger partial charge on any atom is 0.252 e. The van der Waals surface area contributed by atoms with E-state index >= 15 is 0 Å². The minimum Gasteiger partial charge on any atom is -0.349 e. The molecule has 0 spiro atoms. The summed E-state index contributed by atoms with van der Waals surface area (Å²) >= 11 is 3.40. The van der Waals surface area contributed by atoms with Crippen molar-refractivity contribution < 1.29 is 4.79 Å². The first-order valence-corrected chi connectivity index (χ1v) is 6.44. The van der Waals surface area contributed by atoms with E-state index < -0.39 is 0 Å². The van der Waals surface area contributed by atoms with Crippen molar-refractivity contribution in [3.63, 3.8) is 0 Å². The fraction of sp³-hybridized carbons (Fsp3) is 0.462. The molecule has 0 saturated heterocycles. The van der Waals surface area contributed by atoms with Gasteiger partial charge in [0, 0.05) is 10.5 Å². The zero-order chi connectivity index (χ0) is 12.1. The lowest BCUT2D eigenvalue weighted by atomic mass is 10.1. The summed E-state index contributed by atoms with van der Waals surface area (Å²) in [6.07, 6.45) is 1.93. The van der Waals surface area contributed by atoms with Crippen molar-refractivity contribution in [2.75, 3.05) is 0 Å². The number of carbonyl (C=O) groups is 1. The standard InChI is InChI=1S/C13H18BrNO/c1-4-10(5-2)15-13(16)11-8-9(3)6-7-12(11)14/h6-8,10H,4-5H2,1-3H3,(H,15,16). The Morgan fingerprint density at radius 2 is 2.00 bits per heavy atom. The van der Waals surface area contributed by atoms with Crippen LogP contribution in [0.2, 0.25) is 0 Å². The van der Waals surface area contributed by atoms with Gasteiger partial charge in [0.05, 0.1) is 5.56 Å². The van der Waals surface area contributed by atoms with E-state index in [9.17, 15) is 4.79 Å². The fourth-order valence-corrected chi connectivity index (χ4v) is 2.00.